The minimum absolute atomic E-state index is 0.123. The van der Waals surface area contributed by atoms with Crippen molar-refractivity contribution >= 4 is 23.2 Å². The van der Waals surface area contributed by atoms with Crippen LogP contribution >= 0.6 is 0 Å². The number of carbonyl (C=O) groups is 2. The van der Waals surface area contributed by atoms with Crippen LogP contribution in [0.5, 0.6) is 0 Å². The Morgan fingerprint density at radius 3 is 2.10 bits per heavy atom. The van der Waals surface area contributed by atoms with E-state index in [1.54, 1.807) is 36.4 Å². The average molecular weight is 286 g/mol. The molecule has 0 spiro atoms. The second kappa shape index (κ2) is 5.83. The quantitative estimate of drug-likeness (QED) is 0.906. The normalized spacial score (nSPS) is 11.0. The summed E-state index contributed by atoms with van der Waals surface area (Å²) in [5.74, 6) is -0.272. The number of anilines is 2. The summed E-state index contributed by atoms with van der Waals surface area (Å²) in [6.07, 6.45) is 1.43. The maximum atomic E-state index is 12.1. The summed E-state index contributed by atoms with van der Waals surface area (Å²) < 4.78 is 5.04. The van der Waals surface area contributed by atoms with Gasteiger partial charge in [-0.1, -0.05) is 32.9 Å². The van der Waals surface area contributed by atoms with Crippen molar-refractivity contribution in [1.82, 2.24) is 0 Å². The first-order valence-corrected chi connectivity index (χ1v) is 6.63. The van der Waals surface area contributed by atoms with E-state index in [1.807, 2.05) is 20.8 Å². The molecule has 2 rings (SSSR count). The lowest BCUT2D eigenvalue weighted by Crippen LogP contribution is -2.28. The molecule has 110 valence electrons. The summed E-state index contributed by atoms with van der Waals surface area (Å²) in [5.41, 5.74) is 0.562. The number of furan rings is 1. The van der Waals surface area contributed by atoms with E-state index in [1.165, 1.54) is 6.26 Å². The number of benzene rings is 1. The molecule has 0 aliphatic carbocycles. The Labute approximate surface area is 123 Å². The Morgan fingerprint density at radius 1 is 0.952 bits per heavy atom. The van der Waals surface area contributed by atoms with Gasteiger partial charge < -0.3 is 15.1 Å². The van der Waals surface area contributed by atoms with Gasteiger partial charge in [0.05, 0.1) is 17.6 Å². The highest BCUT2D eigenvalue weighted by Gasteiger charge is 2.22. The molecule has 0 unspecified atom stereocenters. The van der Waals surface area contributed by atoms with Crippen molar-refractivity contribution in [1.29, 1.82) is 0 Å². The second-order valence-corrected chi connectivity index (χ2v) is 5.68. The molecule has 21 heavy (non-hydrogen) atoms. The number of amides is 2. The lowest BCUT2D eigenvalue weighted by Gasteiger charge is -2.19. The van der Waals surface area contributed by atoms with E-state index in [9.17, 15) is 9.59 Å². The van der Waals surface area contributed by atoms with Crippen molar-refractivity contribution in [3.8, 4) is 0 Å². The molecule has 0 aliphatic heterocycles. The molecule has 1 aromatic heterocycles. The third kappa shape index (κ3) is 3.72. The fourth-order valence-electron chi connectivity index (χ4n) is 1.60. The van der Waals surface area contributed by atoms with Gasteiger partial charge in [0.2, 0.25) is 5.91 Å². The zero-order valence-corrected chi connectivity index (χ0v) is 12.3. The van der Waals surface area contributed by atoms with Gasteiger partial charge in [-0.3, -0.25) is 9.59 Å². The van der Waals surface area contributed by atoms with E-state index in [4.69, 9.17) is 4.42 Å². The Bertz CT molecular complexity index is 640. The van der Waals surface area contributed by atoms with Crippen molar-refractivity contribution in [2.24, 2.45) is 5.41 Å². The molecule has 0 bridgehead atoms. The lowest BCUT2D eigenvalue weighted by atomic mass is 9.95. The second-order valence-electron chi connectivity index (χ2n) is 5.68. The van der Waals surface area contributed by atoms with Crippen molar-refractivity contribution in [2.45, 2.75) is 20.8 Å². The number of rotatable bonds is 3. The Morgan fingerprint density at radius 2 is 1.57 bits per heavy atom. The number of nitrogens with one attached hydrogen (secondary N) is 2. The standard InChI is InChI=1S/C16H18N2O3/c1-16(2,3)15(20)18-12-8-5-4-7-11(12)17-14(19)13-9-6-10-21-13/h4-10H,1-3H3,(H,17,19)(H,18,20). The molecule has 0 radical (unpaired) electrons. The van der Waals surface area contributed by atoms with Gasteiger partial charge in [0, 0.05) is 5.41 Å². The van der Waals surface area contributed by atoms with Crippen LogP contribution in [0.3, 0.4) is 0 Å². The Balaban J connectivity index is 2.17. The van der Waals surface area contributed by atoms with Gasteiger partial charge in [-0.15, -0.1) is 0 Å². The van der Waals surface area contributed by atoms with Gasteiger partial charge >= 0.3 is 0 Å². The van der Waals surface area contributed by atoms with Crippen LogP contribution in [-0.4, -0.2) is 11.8 Å². The first-order valence-electron chi connectivity index (χ1n) is 6.63. The van der Waals surface area contributed by atoms with Gasteiger partial charge in [0.1, 0.15) is 0 Å². The smallest absolute Gasteiger partial charge is 0.291 e. The van der Waals surface area contributed by atoms with Crippen LogP contribution < -0.4 is 10.6 Å². The van der Waals surface area contributed by atoms with Crippen LogP contribution in [0.4, 0.5) is 11.4 Å². The SMILES string of the molecule is CC(C)(C)C(=O)Nc1ccccc1NC(=O)c1ccco1. The van der Waals surface area contributed by atoms with Crippen molar-refractivity contribution in [2.75, 3.05) is 10.6 Å². The lowest BCUT2D eigenvalue weighted by molar-refractivity contribution is -0.123. The molecule has 1 aromatic carbocycles. The summed E-state index contributed by atoms with van der Waals surface area (Å²) >= 11 is 0. The summed E-state index contributed by atoms with van der Waals surface area (Å²) in [7, 11) is 0. The van der Waals surface area contributed by atoms with E-state index >= 15 is 0 Å². The summed E-state index contributed by atoms with van der Waals surface area (Å²) in [5, 5.41) is 5.54. The van der Waals surface area contributed by atoms with Crippen LogP contribution in [-0.2, 0) is 4.79 Å². The Hall–Kier alpha value is -2.56. The third-order valence-corrected chi connectivity index (χ3v) is 2.85. The number of hydrogen-bond acceptors (Lipinski definition) is 3. The largest absolute Gasteiger partial charge is 0.459 e. The van der Waals surface area contributed by atoms with Crippen molar-refractivity contribution in [3.05, 3.63) is 48.4 Å². The van der Waals surface area contributed by atoms with Crippen molar-refractivity contribution < 1.29 is 14.0 Å². The highest BCUT2D eigenvalue weighted by Crippen LogP contribution is 2.24. The van der Waals surface area contributed by atoms with Crippen molar-refractivity contribution in [3.63, 3.8) is 0 Å². The van der Waals surface area contributed by atoms with E-state index in [0.29, 0.717) is 11.4 Å². The molecule has 0 aliphatic rings. The Kier molecular flexibility index (Phi) is 4.12. The van der Waals surface area contributed by atoms with E-state index in [2.05, 4.69) is 10.6 Å². The molecule has 2 aromatic rings. The number of hydrogen-bond donors (Lipinski definition) is 2. The van der Waals surface area contributed by atoms with Gasteiger partial charge in [0.15, 0.2) is 5.76 Å². The molecule has 5 nitrogen and oxygen atoms in total. The first-order chi connectivity index (χ1) is 9.88. The van der Waals surface area contributed by atoms with Crippen LogP contribution in [0.15, 0.2) is 47.1 Å². The van der Waals surface area contributed by atoms with Gasteiger partial charge in [0.25, 0.3) is 5.91 Å². The predicted octanol–water partition coefficient (Wildman–Crippen LogP) is 3.52. The van der Waals surface area contributed by atoms with Gasteiger partial charge in [-0.2, -0.15) is 0 Å². The number of carbonyl (C=O) groups excluding carboxylic acids is 2. The van der Waals surface area contributed by atoms with E-state index in [0.717, 1.165) is 0 Å². The molecule has 2 N–H and O–H groups in total. The zero-order chi connectivity index (χ0) is 15.5. The van der Waals surface area contributed by atoms with Crippen LogP contribution in [0.25, 0.3) is 0 Å². The fraction of sp³-hybridized carbons (Fsp3) is 0.250. The van der Waals surface area contributed by atoms with Crippen LogP contribution in [0.2, 0.25) is 0 Å². The van der Waals surface area contributed by atoms with E-state index < -0.39 is 5.41 Å². The van der Waals surface area contributed by atoms with E-state index in [-0.39, 0.29) is 17.6 Å². The molecule has 1 heterocycles. The summed E-state index contributed by atoms with van der Waals surface area (Å²) in [6.45, 7) is 5.48. The third-order valence-electron chi connectivity index (χ3n) is 2.85. The molecule has 5 heteroatoms. The first kappa shape index (κ1) is 14.8. The minimum Gasteiger partial charge on any atom is -0.459 e. The number of para-hydroxylation sites is 2. The van der Waals surface area contributed by atoms with Gasteiger partial charge in [-0.25, -0.2) is 0 Å². The molecular weight excluding hydrogens is 268 g/mol. The monoisotopic (exact) mass is 286 g/mol. The molecule has 2 amide bonds. The molecule has 0 atom stereocenters. The topological polar surface area (TPSA) is 71.3 Å². The highest BCUT2D eigenvalue weighted by atomic mass is 16.3. The molecule has 0 saturated carbocycles. The van der Waals surface area contributed by atoms with Gasteiger partial charge in [-0.05, 0) is 24.3 Å². The van der Waals surface area contributed by atoms with Crippen LogP contribution in [0, 0.1) is 5.41 Å². The molecule has 0 fully saturated rings. The molecule has 0 saturated heterocycles. The van der Waals surface area contributed by atoms with Crippen LogP contribution in [0.1, 0.15) is 31.3 Å². The average Bonchev–Trinajstić information content (AvgIpc) is 2.93. The fourth-order valence-corrected chi connectivity index (χ4v) is 1.60. The highest BCUT2D eigenvalue weighted by molar-refractivity contribution is 6.06. The maximum Gasteiger partial charge on any atom is 0.291 e. The predicted molar refractivity (Wildman–Crippen MR) is 81.2 cm³/mol. The minimum atomic E-state index is -0.516. The summed E-state index contributed by atoms with van der Waals surface area (Å²) in [4.78, 5) is 24.1. The molecular formula is C16H18N2O3. The zero-order valence-electron chi connectivity index (χ0n) is 12.3. The summed E-state index contributed by atoms with van der Waals surface area (Å²) in [6, 6.07) is 10.2. The maximum absolute atomic E-state index is 12.1.